The van der Waals surface area contributed by atoms with Crippen molar-refractivity contribution in [1.29, 1.82) is 0 Å². The van der Waals surface area contributed by atoms with E-state index in [2.05, 4.69) is 5.32 Å². The highest BCUT2D eigenvalue weighted by Gasteiger charge is 2.07. The molecule has 2 aromatic rings. The number of rotatable bonds is 5. The lowest BCUT2D eigenvalue weighted by atomic mass is 10.2. The molecule has 0 saturated heterocycles. The monoisotopic (exact) mass is 265 g/mol. The van der Waals surface area contributed by atoms with Gasteiger partial charge in [-0.2, -0.15) is 0 Å². The van der Waals surface area contributed by atoms with E-state index < -0.39 is 0 Å². The number of benzene rings is 1. The minimum absolute atomic E-state index is 0.496. The molecule has 0 aliphatic rings. The van der Waals surface area contributed by atoms with Crippen LogP contribution < -0.4 is 10.1 Å². The summed E-state index contributed by atoms with van der Waals surface area (Å²) in [5.74, 6) is 1.75. The van der Waals surface area contributed by atoms with E-state index in [-0.39, 0.29) is 0 Å². The molecule has 0 amide bonds. The lowest BCUT2D eigenvalue weighted by Crippen LogP contribution is -2.07. The van der Waals surface area contributed by atoms with Crippen molar-refractivity contribution < 1.29 is 9.15 Å². The van der Waals surface area contributed by atoms with Crippen LogP contribution in [0.5, 0.6) is 5.75 Å². The Bertz CT molecular complexity index is 522. The number of hydrogen-bond acceptors (Lipinski definition) is 3. The molecule has 0 radical (unpaired) electrons. The van der Waals surface area contributed by atoms with Gasteiger partial charge >= 0.3 is 0 Å². The Morgan fingerprint density at radius 2 is 2.17 bits per heavy atom. The molecule has 4 heteroatoms. The Labute approximate surface area is 112 Å². The van der Waals surface area contributed by atoms with E-state index in [4.69, 9.17) is 20.8 Å². The second kappa shape index (κ2) is 5.94. The minimum Gasteiger partial charge on any atom is -0.489 e. The summed E-state index contributed by atoms with van der Waals surface area (Å²) in [5, 5.41) is 3.78. The summed E-state index contributed by atoms with van der Waals surface area (Å²) in [4.78, 5) is 0. The van der Waals surface area contributed by atoms with Crippen molar-refractivity contribution >= 4 is 11.6 Å². The van der Waals surface area contributed by atoms with Crippen molar-refractivity contribution in [2.75, 3.05) is 7.05 Å². The molecule has 0 aliphatic carbocycles. The molecule has 1 N–H and O–H groups in total. The molecule has 1 aromatic heterocycles. The van der Waals surface area contributed by atoms with Gasteiger partial charge in [0.05, 0.1) is 12.8 Å². The van der Waals surface area contributed by atoms with Crippen LogP contribution in [0.15, 0.2) is 34.9 Å². The molecule has 0 fully saturated rings. The maximum Gasteiger partial charge on any atom is 0.124 e. The number of halogens is 1. The summed E-state index contributed by atoms with van der Waals surface area (Å²) in [6.45, 7) is 3.17. The number of furan rings is 1. The summed E-state index contributed by atoms with van der Waals surface area (Å²) < 4.78 is 11.2. The van der Waals surface area contributed by atoms with E-state index in [1.807, 2.05) is 38.2 Å². The molecule has 18 heavy (non-hydrogen) atoms. The minimum atomic E-state index is 0.496. The topological polar surface area (TPSA) is 34.4 Å². The van der Waals surface area contributed by atoms with Crippen LogP contribution in [0.25, 0.3) is 0 Å². The van der Waals surface area contributed by atoms with Crippen molar-refractivity contribution in [2.24, 2.45) is 0 Å². The first-order valence-electron chi connectivity index (χ1n) is 5.79. The van der Waals surface area contributed by atoms with Crippen LogP contribution in [0.1, 0.15) is 16.9 Å². The predicted molar refractivity (Wildman–Crippen MR) is 72.0 cm³/mol. The summed E-state index contributed by atoms with van der Waals surface area (Å²) in [5.41, 5.74) is 2.08. The third kappa shape index (κ3) is 3.06. The first-order chi connectivity index (χ1) is 8.70. The lowest BCUT2D eigenvalue weighted by Gasteiger charge is -2.09. The average molecular weight is 266 g/mol. The maximum absolute atomic E-state index is 5.90. The highest BCUT2D eigenvalue weighted by Crippen LogP contribution is 2.23. The van der Waals surface area contributed by atoms with Gasteiger partial charge in [-0.3, -0.25) is 0 Å². The number of hydrogen-bond donors (Lipinski definition) is 1. The van der Waals surface area contributed by atoms with Crippen molar-refractivity contribution in [3.8, 4) is 5.75 Å². The fourth-order valence-corrected chi connectivity index (χ4v) is 1.97. The van der Waals surface area contributed by atoms with E-state index in [9.17, 15) is 0 Å². The third-order valence-electron chi connectivity index (χ3n) is 2.70. The molecule has 0 atom stereocenters. The van der Waals surface area contributed by atoms with E-state index in [1.54, 1.807) is 6.26 Å². The third-order valence-corrected chi connectivity index (χ3v) is 2.93. The fourth-order valence-electron chi connectivity index (χ4n) is 1.74. The van der Waals surface area contributed by atoms with Crippen molar-refractivity contribution in [3.63, 3.8) is 0 Å². The van der Waals surface area contributed by atoms with E-state index >= 15 is 0 Å². The van der Waals surface area contributed by atoms with Gasteiger partial charge in [-0.15, -0.1) is 0 Å². The van der Waals surface area contributed by atoms with Crippen LogP contribution >= 0.6 is 11.6 Å². The van der Waals surface area contributed by atoms with Crippen molar-refractivity contribution in [3.05, 3.63) is 52.4 Å². The lowest BCUT2D eigenvalue weighted by molar-refractivity contribution is 0.299. The molecule has 0 unspecified atom stereocenters. The molecular weight excluding hydrogens is 250 g/mol. The molecule has 96 valence electrons. The molecule has 0 saturated carbocycles. The van der Waals surface area contributed by atoms with Crippen LogP contribution in [-0.2, 0) is 13.2 Å². The Balaban J connectivity index is 2.04. The Morgan fingerprint density at radius 1 is 1.33 bits per heavy atom. The van der Waals surface area contributed by atoms with Crippen LogP contribution in [0.3, 0.4) is 0 Å². The summed E-state index contributed by atoms with van der Waals surface area (Å²) in [6.07, 6.45) is 1.68. The first kappa shape index (κ1) is 13.0. The van der Waals surface area contributed by atoms with Gasteiger partial charge in [-0.1, -0.05) is 11.6 Å². The molecule has 2 rings (SSSR count). The van der Waals surface area contributed by atoms with Crippen molar-refractivity contribution in [2.45, 2.75) is 20.1 Å². The zero-order valence-corrected chi connectivity index (χ0v) is 11.3. The highest BCUT2D eigenvalue weighted by molar-refractivity contribution is 6.30. The fraction of sp³-hybridized carbons (Fsp3) is 0.286. The summed E-state index contributed by atoms with van der Waals surface area (Å²) in [6, 6.07) is 7.53. The second-order valence-electron chi connectivity index (χ2n) is 4.10. The van der Waals surface area contributed by atoms with Gasteiger partial charge in [0.15, 0.2) is 0 Å². The van der Waals surface area contributed by atoms with Crippen LogP contribution in [-0.4, -0.2) is 7.05 Å². The molecule has 1 aromatic carbocycles. The van der Waals surface area contributed by atoms with E-state index in [0.29, 0.717) is 13.2 Å². The van der Waals surface area contributed by atoms with Crippen LogP contribution in [0, 0.1) is 6.92 Å². The molecule has 0 spiro atoms. The zero-order valence-electron chi connectivity index (χ0n) is 10.5. The first-order valence-corrected chi connectivity index (χ1v) is 6.17. The van der Waals surface area contributed by atoms with Crippen molar-refractivity contribution in [1.82, 2.24) is 5.32 Å². The molecular formula is C14H16ClNO2. The van der Waals surface area contributed by atoms with E-state index in [1.165, 1.54) is 0 Å². The van der Waals surface area contributed by atoms with Gasteiger partial charge in [0.25, 0.3) is 0 Å². The Morgan fingerprint density at radius 3 is 2.89 bits per heavy atom. The van der Waals surface area contributed by atoms with Crippen LogP contribution in [0.4, 0.5) is 0 Å². The number of ether oxygens (including phenoxy) is 1. The molecule has 0 aliphatic heterocycles. The van der Waals surface area contributed by atoms with Gasteiger partial charge < -0.3 is 14.5 Å². The maximum atomic E-state index is 5.90. The SMILES string of the molecule is CNCc1occc1COc1ccc(Cl)cc1C. The largest absolute Gasteiger partial charge is 0.489 e. The normalized spacial score (nSPS) is 10.6. The zero-order chi connectivity index (χ0) is 13.0. The van der Waals surface area contributed by atoms with Gasteiger partial charge in [0.1, 0.15) is 18.1 Å². The Kier molecular flexibility index (Phi) is 4.28. The van der Waals surface area contributed by atoms with Gasteiger partial charge in [-0.05, 0) is 43.8 Å². The summed E-state index contributed by atoms with van der Waals surface area (Å²) >= 11 is 5.90. The van der Waals surface area contributed by atoms with E-state index in [0.717, 1.165) is 27.7 Å². The Hall–Kier alpha value is -1.45. The summed E-state index contributed by atoms with van der Waals surface area (Å²) in [7, 11) is 1.89. The number of aryl methyl sites for hydroxylation is 1. The quantitative estimate of drug-likeness (QED) is 0.898. The highest BCUT2D eigenvalue weighted by atomic mass is 35.5. The molecule has 3 nitrogen and oxygen atoms in total. The van der Waals surface area contributed by atoms with Crippen LogP contribution in [0.2, 0.25) is 5.02 Å². The van der Waals surface area contributed by atoms with Gasteiger partial charge in [0, 0.05) is 10.6 Å². The molecule has 1 heterocycles. The van der Waals surface area contributed by atoms with Gasteiger partial charge in [-0.25, -0.2) is 0 Å². The second-order valence-corrected chi connectivity index (χ2v) is 4.53. The smallest absolute Gasteiger partial charge is 0.124 e. The number of nitrogens with one attached hydrogen (secondary N) is 1. The molecule has 0 bridgehead atoms. The standard InChI is InChI=1S/C14H16ClNO2/c1-10-7-12(15)3-4-13(10)18-9-11-5-6-17-14(11)8-16-2/h3-7,16H,8-9H2,1-2H3. The predicted octanol–water partition coefficient (Wildman–Crippen LogP) is 3.54. The van der Waals surface area contributed by atoms with Gasteiger partial charge in [0.2, 0.25) is 0 Å². The average Bonchev–Trinajstić information content (AvgIpc) is 2.76.